The van der Waals surface area contributed by atoms with Gasteiger partial charge in [0.05, 0.1) is 13.2 Å². The first-order valence-electron chi connectivity index (χ1n) is 14.4. The number of nitrogens with zero attached hydrogens (tertiary/aromatic N) is 1. The summed E-state index contributed by atoms with van der Waals surface area (Å²) in [4.78, 5) is 63.0. The summed E-state index contributed by atoms with van der Waals surface area (Å²) >= 11 is 1.37. The minimum Gasteiger partial charge on any atom is -0.444 e. The molecule has 13 heteroatoms. The number of nitroso groups, excluding NO2 is 1. The van der Waals surface area contributed by atoms with Crippen LogP contribution >= 0.6 is 11.8 Å². The van der Waals surface area contributed by atoms with Gasteiger partial charge in [-0.2, -0.15) is 16.7 Å². The van der Waals surface area contributed by atoms with E-state index in [1.54, 1.807) is 6.26 Å². The molecule has 0 radical (unpaired) electrons. The Hall–Kier alpha value is -3.19. The van der Waals surface area contributed by atoms with Crippen molar-refractivity contribution in [2.75, 3.05) is 31.8 Å². The average molecular weight is 608 g/mol. The largest absolute Gasteiger partial charge is 0.444 e. The summed E-state index contributed by atoms with van der Waals surface area (Å²) in [5, 5.41) is 14.1. The van der Waals surface area contributed by atoms with E-state index in [9.17, 15) is 24.1 Å². The minimum absolute atomic E-state index is 0.0981. The zero-order valence-electron chi connectivity index (χ0n) is 24.9. The van der Waals surface area contributed by atoms with E-state index in [0.29, 0.717) is 44.8 Å². The topological polar surface area (TPSA) is 164 Å². The number of benzene rings is 1. The molecule has 2 rings (SSSR count). The van der Waals surface area contributed by atoms with Gasteiger partial charge in [0.15, 0.2) is 0 Å². The number of hydrogen-bond acceptors (Lipinski definition) is 9. The normalized spacial score (nSPS) is 17.4. The number of ether oxygens (including phenoxy) is 2. The lowest BCUT2D eigenvalue weighted by molar-refractivity contribution is -0.132. The van der Waals surface area contributed by atoms with Gasteiger partial charge in [-0.3, -0.25) is 14.4 Å². The first-order chi connectivity index (χ1) is 20.2. The van der Waals surface area contributed by atoms with Crippen molar-refractivity contribution in [1.82, 2.24) is 21.3 Å². The summed E-state index contributed by atoms with van der Waals surface area (Å²) in [6.07, 6.45) is 2.60. The van der Waals surface area contributed by atoms with Crippen LogP contribution in [0.1, 0.15) is 52.0 Å². The SMILES string of the molecule is CCC[C@H](C[C@@H](CNC(=O)[C@H](CSC)NC(=O)O[C@H]1CCOC1)N=O)C(=O)NC(C(=O)NCc1ccccc1)C(C)C. The molecule has 12 nitrogen and oxygen atoms in total. The Bertz CT molecular complexity index is 1010. The second-order valence-corrected chi connectivity index (χ2v) is 11.6. The van der Waals surface area contributed by atoms with E-state index >= 15 is 0 Å². The van der Waals surface area contributed by atoms with Crippen LogP contribution < -0.4 is 21.3 Å². The van der Waals surface area contributed by atoms with Crippen LogP contribution in [0.2, 0.25) is 0 Å². The van der Waals surface area contributed by atoms with Crippen molar-refractivity contribution < 1.29 is 28.7 Å². The monoisotopic (exact) mass is 607 g/mol. The number of thioether (sulfide) groups is 1. The van der Waals surface area contributed by atoms with E-state index < -0.39 is 36.0 Å². The summed E-state index contributed by atoms with van der Waals surface area (Å²) in [5.74, 6) is -1.57. The van der Waals surface area contributed by atoms with Crippen molar-refractivity contribution in [3.63, 3.8) is 0 Å². The van der Waals surface area contributed by atoms with Crippen molar-refractivity contribution in [1.29, 1.82) is 0 Å². The highest BCUT2D eigenvalue weighted by atomic mass is 32.2. The molecule has 1 unspecified atom stereocenters. The predicted molar refractivity (Wildman–Crippen MR) is 162 cm³/mol. The van der Waals surface area contributed by atoms with Gasteiger partial charge in [0.2, 0.25) is 17.7 Å². The number of hydrogen-bond donors (Lipinski definition) is 4. The lowest BCUT2D eigenvalue weighted by Crippen LogP contribution is -2.52. The van der Waals surface area contributed by atoms with Crippen molar-refractivity contribution in [2.45, 2.75) is 77.2 Å². The molecule has 0 saturated carbocycles. The van der Waals surface area contributed by atoms with Crippen molar-refractivity contribution >= 4 is 35.6 Å². The molecule has 1 aromatic carbocycles. The fourth-order valence-corrected chi connectivity index (χ4v) is 5.09. The summed E-state index contributed by atoms with van der Waals surface area (Å²) in [6.45, 7) is 6.71. The van der Waals surface area contributed by atoms with Crippen molar-refractivity contribution in [3.8, 4) is 0 Å². The highest BCUT2D eigenvalue weighted by Gasteiger charge is 2.30. The Labute approximate surface area is 252 Å². The molecule has 0 bridgehead atoms. The van der Waals surface area contributed by atoms with E-state index in [1.807, 2.05) is 51.1 Å². The summed E-state index contributed by atoms with van der Waals surface area (Å²) in [6, 6.07) is 6.98. The number of carbonyl (C=O) groups is 4. The molecule has 1 aliphatic rings. The first-order valence-corrected chi connectivity index (χ1v) is 15.8. The molecule has 1 aromatic rings. The summed E-state index contributed by atoms with van der Waals surface area (Å²) in [7, 11) is 0. The maximum Gasteiger partial charge on any atom is 0.408 e. The second-order valence-electron chi connectivity index (χ2n) is 10.7. The molecule has 1 saturated heterocycles. The van der Waals surface area contributed by atoms with Crippen molar-refractivity contribution in [2.24, 2.45) is 17.0 Å². The van der Waals surface area contributed by atoms with Gasteiger partial charge >= 0.3 is 6.09 Å². The van der Waals surface area contributed by atoms with Crippen LogP contribution in [0.3, 0.4) is 0 Å². The molecule has 4 N–H and O–H groups in total. The maximum absolute atomic E-state index is 13.3. The molecule has 1 heterocycles. The Balaban J connectivity index is 1.93. The number of carbonyl (C=O) groups excluding carboxylic acids is 4. The zero-order chi connectivity index (χ0) is 30.9. The third-order valence-corrected chi connectivity index (χ3v) is 7.55. The molecule has 1 fully saturated rings. The van der Waals surface area contributed by atoms with Crippen LogP contribution in [0.5, 0.6) is 0 Å². The molecular weight excluding hydrogens is 562 g/mol. The van der Waals surface area contributed by atoms with Gasteiger partial charge in [-0.05, 0) is 30.6 Å². The lowest BCUT2D eigenvalue weighted by atomic mass is 9.93. The van der Waals surface area contributed by atoms with Crippen LogP contribution in [0, 0.1) is 16.7 Å². The van der Waals surface area contributed by atoms with Crippen LogP contribution in [0.25, 0.3) is 0 Å². The van der Waals surface area contributed by atoms with Crippen molar-refractivity contribution in [3.05, 3.63) is 40.8 Å². The maximum atomic E-state index is 13.3. The Morgan fingerprint density at radius 2 is 1.81 bits per heavy atom. The van der Waals surface area contributed by atoms with Gasteiger partial charge in [-0.15, -0.1) is 0 Å². The molecule has 0 spiro atoms. The third kappa shape index (κ3) is 12.4. The van der Waals surface area contributed by atoms with E-state index in [2.05, 4.69) is 26.4 Å². The molecule has 4 amide bonds. The smallest absolute Gasteiger partial charge is 0.408 e. The number of amides is 4. The van der Waals surface area contributed by atoms with Gasteiger partial charge < -0.3 is 30.7 Å². The molecule has 234 valence electrons. The van der Waals surface area contributed by atoms with Crippen LogP contribution in [0.15, 0.2) is 35.5 Å². The quantitative estimate of drug-likeness (QED) is 0.185. The van der Waals surface area contributed by atoms with Gasteiger partial charge in [0.1, 0.15) is 24.2 Å². The van der Waals surface area contributed by atoms with Gasteiger partial charge in [-0.25, -0.2) is 4.79 Å². The Kier molecular flexibility index (Phi) is 15.9. The molecule has 1 aliphatic heterocycles. The standard InChI is InChI=1S/C29H45N5O7S/c1-5-9-21(26(35)33-25(19(2)3)28(37)30-15-20-10-7-6-8-11-20)14-22(34-39)16-31-27(36)24(18-42-4)32-29(38)41-23-12-13-40-17-23/h6-8,10-11,19,21-25H,5,9,12-18H2,1-4H3,(H,30,37)(H,31,36)(H,32,38)(H,33,35)/t21-,22+,23+,24+,25?/m1/s1. The Morgan fingerprint density at radius 1 is 1.07 bits per heavy atom. The van der Waals surface area contributed by atoms with Crippen LogP contribution in [-0.4, -0.2) is 79.8 Å². The van der Waals surface area contributed by atoms with Gasteiger partial charge in [0.25, 0.3) is 0 Å². The number of nitrogens with one attached hydrogen (secondary N) is 4. The van der Waals surface area contributed by atoms with Crippen LogP contribution in [0.4, 0.5) is 4.79 Å². The third-order valence-electron chi connectivity index (χ3n) is 6.89. The second kappa shape index (κ2) is 19.1. The minimum atomic E-state index is -0.877. The van der Waals surface area contributed by atoms with E-state index in [1.165, 1.54) is 11.8 Å². The fraction of sp³-hybridized carbons (Fsp3) is 0.655. The predicted octanol–water partition coefficient (Wildman–Crippen LogP) is 2.75. The molecule has 42 heavy (non-hydrogen) atoms. The van der Waals surface area contributed by atoms with Crippen LogP contribution in [-0.2, 0) is 30.4 Å². The average Bonchev–Trinajstić information content (AvgIpc) is 3.49. The van der Waals surface area contributed by atoms with E-state index in [4.69, 9.17) is 9.47 Å². The fourth-order valence-electron chi connectivity index (χ4n) is 4.52. The Morgan fingerprint density at radius 3 is 2.40 bits per heavy atom. The molecular formula is C29H45N5O7S. The molecule has 5 atom stereocenters. The van der Waals surface area contributed by atoms with E-state index in [-0.39, 0.29) is 36.8 Å². The molecule has 0 aromatic heterocycles. The zero-order valence-corrected chi connectivity index (χ0v) is 25.7. The highest BCUT2D eigenvalue weighted by molar-refractivity contribution is 7.98. The first kappa shape index (κ1) is 35.0. The summed E-state index contributed by atoms with van der Waals surface area (Å²) < 4.78 is 10.5. The molecule has 0 aliphatic carbocycles. The number of alkyl carbamates (subject to hydrolysis) is 1. The number of rotatable bonds is 18. The highest BCUT2D eigenvalue weighted by Crippen LogP contribution is 2.17. The van der Waals surface area contributed by atoms with Gasteiger partial charge in [0, 0.05) is 31.2 Å². The lowest BCUT2D eigenvalue weighted by Gasteiger charge is -2.26. The van der Waals surface area contributed by atoms with Gasteiger partial charge in [-0.1, -0.05) is 62.7 Å². The van der Waals surface area contributed by atoms with E-state index in [0.717, 1.165) is 5.56 Å². The summed E-state index contributed by atoms with van der Waals surface area (Å²) in [5.41, 5.74) is 0.945.